The van der Waals surface area contributed by atoms with E-state index in [1.807, 2.05) is 50.2 Å². The van der Waals surface area contributed by atoms with Gasteiger partial charge in [-0.05, 0) is 55.9 Å². The molecule has 1 aliphatic rings. The minimum absolute atomic E-state index is 0.0399. The van der Waals surface area contributed by atoms with Gasteiger partial charge >= 0.3 is 5.76 Å². The predicted octanol–water partition coefficient (Wildman–Crippen LogP) is 5.24. The van der Waals surface area contributed by atoms with Gasteiger partial charge in [0, 0.05) is 30.4 Å². The van der Waals surface area contributed by atoms with Crippen molar-refractivity contribution in [3.63, 3.8) is 0 Å². The highest BCUT2D eigenvalue weighted by atomic mass is 16.4. The zero-order valence-electron chi connectivity index (χ0n) is 20.5. The highest BCUT2D eigenvalue weighted by Crippen LogP contribution is 2.35. The molecule has 182 valence electrons. The average molecular weight is 475 g/mol. The topological polar surface area (TPSA) is 104 Å². The van der Waals surface area contributed by atoms with Crippen LogP contribution < -0.4 is 21.4 Å². The molecule has 8 heteroatoms. The van der Waals surface area contributed by atoms with Gasteiger partial charge < -0.3 is 19.1 Å². The first-order valence-electron chi connectivity index (χ1n) is 11.9. The summed E-state index contributed by atoms with van der Waals surface area (Å²) < 4.78 is 11.6. The average Bonchev–Trinajstić information content (AvgIpc) is 3.25. The van der Waals surface area contributed by atoms with Crippen molar-refractivity contribution in [3.8, 4) is 11.5 Å². The van der Waals surface area contributed by atoms with Crippen LogP contribution in [0.4, 0.5) is 11.6 Å². The van der Waals surface area contributed by atoms with Crippen molar-refractivity contribution in [1.29, 1.82) is 0 Å². The van der Waals surface area contributed by atoms with Crippen LogP contribution in [0.25, 0.3) is 22.4 Å². The summed E-state index contributed by atoms with van der Waals surface area (Å²) in [6.07, 6.45) is 2.10. The number of nitrogens with zero attached hydrogens (tertiary/aromatic N) is 2. The van der Waals surface area contributed by atoms with Crippen molar-refractivity contribution >= 4 is 22.5 Å². The third kappa shape index (κ3) is 4.60. The molecule has 0 saturated carbocycles. The largest absolute Gasteiger partial charge is 0.440 e. The normalized spacial score (nSPS) is 16.4. The van der Waals surface area contributed by atoms with Crippen molar-refractivity contribution in [2.45, 2.75) is 46.6 Å². The number of aryl methyl sites for hydroxylation is 1. The zero-order chi connectivity index (χ0) is 24.7. The Labute approximate surface area is 203 Å². The first kappa shape index (κ1) is 23.0. The molecule has 0 radical (unpaired) electrons. The molecule has 2 N–H and O–H groups in total. The van der Waals surface area contributed by atoms with Crippen molar-refractivity contribution in [1.82, 2.24) is 10.2 Å². The zero-order valence-corrected chi connectivity index (χ0v) is 20.5. The van der Waals surface area contributed by atoms with E-state index in [4.69, 9.17) is 8.83 Å². The molecule has 1 atom stereocenters. The summed E-state index contributed by atoms with van der Waals surface area (Å²) in [6.45, 7) is 10.3. The first-order valence-corrected chi connectivity index (χ1v) is 11.9. The standard InChI is InChI=1S/C27H30N4O4/c1-16-13-19(17(2)28-21-8-6-5-7-18(21)25-29-30-26(33)35-25)24-20(14-16)22(32)15-23(34-24)31-11-9-27(3,4)10-12-31/h5-8,13-15,17,28H,9-12H2,1-4H3,(H,30,33)/t17-/m1/s1. The molecule has 0 unspecified atom stereocenters. The van der Waals surface area contributed by atoms with Gasteiger partial charge in [0.25, 0.3) is 5.89 Å². The van der Waals surface area contributed by atoms with E-state index in [1.54, 1.807) is 6.07 Å². The van der Waals surface area contributed by atoms with Crippen LogP contribution in [-0.4, -0.2) is 23.3 Å². The Balaban J connectivity index is 1.53. The molecule has 0 aliphatic carbocycles. The summed E-state index contributed by atoms with van der Waals surface area (Å²) in [5.41, 5.74) is 4.12. The Morgan fingerprint density at radius 3 is 2.54 bits per heavy atom. The minimum atomic E-state index is -0.608. The number of aromatic amines is 1. The molecule has 2 aromatic heterocycles. The maximum Gasteiger partial charge on any atom is 0.434 e. The number of H-pyrrole nitrogens is 1. The molecule has 1 fully saturated rings. The van der Waals surface area contributed by atoms with Crippen molar-refractivity contribution in [3.05, 3.63) is 74.4 Å². The van der Waals surface area contributed by atoms with Crippen LogP contribution in [0.3, 0.4) is 0 Å². The molecule has 4 aromatic rings. The number of aromatic nitrogens is 2. The van der Waals surface area contributed by atoms with Gasteiger partial charge in [0.2, 0.25) is 0 Å². The number of hydrogen-bond acceptors (Lipinski definition) is 7. The smallest absolute Gasteiger partial charge is 0.434 e. The molecule has 8 nitrogen and oxygen atoms in total. The third-order valence-electron chi connectivity index (χ3n) is 6.85. The SMILES string of the molecule is Cc1cc([C@@H](C)Nc2ccccc2-c2n[nH]c(=O)o2)c2oc(N3CCC(C)(C)CC3)cc(=O)c2c1. The molecule has 0 bridgehead atoms. The quantitative estimate of drug-likeness (QED) is 0.407. The van der Waals surface area contributed by atoms with E-state index in [2.05, 4.69) is 34.3 Å². The fourth-order valence-corrected chi connectivity index (χ4v) is 4.68. The number of nitrogens with one attached hydrogen (secondary N) is 2. The van der Waals surface area contributed by atoms with E-state index < -0.39 is 5.76 Å². The second-order valence-electron chi connectivity index (χ2n) is 10.2. The molecule has 0 spiro atoms. The highest BCUT2D eigenvalue weighted by Gasteiger charge is 2.27. The predicted molar refractivity (Wildman–Crippen MR) is 137 cm³/mol. The Hall–Kier alpha value is -3.81. The van der Waals surface area contributed by atoms with E-state index in [0.717, 1.165) is 42.7 Å². The molecule has 0 amide bonds. The van der Waals surface area contributed by atoms with Gasteiger partial charge in [-0.2, -0.15) is 0 Å². The molecule has 5 rings (SSSR count). The van der Waals surface area contributed by atoms with Gasteiger partial charge in [0.15, 0.2) is 11.3 Å². The van der Waals surface area contributed by atoms with Crippen LogP contribution in [0, 0.1) is 12.3 Å². The number of hydrogen-bond donors (Lipinski definition) is 2. The van der Waals surface area contributed by atoms with Crippen LogP contribution in [0.2, 0.25) is 0 Å². The first-order chi connectivity index (χ1) is 16.7. The van der Waals surface area contributed by atoms with Crippen LogP contribution >= 0.6 is 0 Å². The summed E-state index contributed by atoms with van der Waals surface area (Å²) in [7, 11) is 0. The summed E-state index contributed by atoms with van der Waals surface area (Å²) in [5.74, 6) is 0.221. The van der Waals surface area contributed by atoms with E-state index in [1.165, 1.54) is 0 Å². The molecule has 3 heterocycles. The summed E-state index contributed by atoms with van der Waals surface area (Å²) in [4.78, 5) is 26.8. The van der Waals surface area contributed by atoms with Crippen molar-refractivity contribution in [2.75, 3.05) is 23.3 Å². The maximum absolute atomic E-state index is 13.1. The fourth-order valence-electron chi connectivity index (χ4n) is 4.68. The van der Waals surface area contributed by atoms with Gasteiger partial charge in [0.05, 0.1) is 17.0 Å². The lowest BCUT2D eigenvalue weighted by Crippen LogP contribution is -2.37. The van der Waals surface area contributed by atoms with Crippen LogP contribution in [-0.2, 0) is 0 Å². The molecule has 35 heavy (non-hydrogen) atoms. The number of anilines is 2. The van der Waals surface area contributed by atoms with Gasteiger partial charge in [-0.3, -0.25) is 4.79 Å². The number of rotatable bonds is 5. The lowest BCUT2D eigenvalue weighted by molar-refractivity contribution is 0.274. The Kier molecular flexibility index (Phi) is 5.75. The number of benzene rings is 2. The molecule has 2 aromatic carbocycles. The van der Waals surface area contributed by atoms with E-state index in [0.29, 0.717) is 27.8 Å². The van der Waals surface area contributed by atoms with Gasteiger partial charge in [-0.1, -0.05) is 32.0 Å². The fraction of sp³-hybridized carbons (Fsp3) is 0.370. The summed E-state index contributed by atoms with van der Waals surface area (Å²) in [6, 6.07) is 12.8. The lowest BCUT2D eigenvalue weighted by Gasteiger charge is -2.37. The molecule has 1 saturated heterocycles. The summed E-state index contributed by atoms with van der Waals surface area (Å²) >= 11 is 0. The highest BCUT2D eigenvalue weighted by molar-refractivity contribution is 5.83. The van der Waals surface area contributed by atoms with Crippen molar-refractivity contribution < 1.29 is 8.83 Å². The monoisotopic (exact) mass is 474 g/mol. The van der Waals surface area contributed by atoms with Crippen molar-refractivity contribution in [2.24, 2.45) is 5.41 Å². The van der Waals surface area contributed by atoms with E-state index in [-0.39, 0.29) is 17.4 Å². The van der Waals surface area contributed by atoms with Gasteiger partial charge in [-0.15, -0.1) is 5.10 Å². The molecular weight excluding hydrogens is 444 g/mol. The number of piperidine rings is 1. The number of para-hydroxylation sites is 1. The van der Waals surface area contributed by atoms with Crippen LogP contribution in [0.1, 0.15) is 50.8 Å². The Bertz CT molecular complexity index is 1490. The lowest BCUT2D eigenvalue weighted by atomic mass is 9.83. The maximum atomic E-state index is 13.1. The second kappa shape index (κ2) is 8.76. The van der Waals surface area contributed by atoms with Gasteiger partial charge in [0.1, 0.15) is 5.58 Å². The molecular formula is C27H30N4O4. The minimum Gasteiger partial charge on any atom is -0.440 e. The van der Waals surface area contributed by atoms with Crippen LogP contribution in [0.5, 0.6) is 0 Å². The van der Waals surface area contributed by atoms with E-state index in [9.17, 15) is 9.59 Å². The second-order valence-corrected chi connectivity index (χ2v) is 10.2. The Morgan fingerprint density at radius 2 is 1.83 bits per heavy atom. The summed E-state index contributed by atoms with van der Waals surface area (Å²) in [5, 5.41) is 10.3. The van der Waals surface area contributed by atoms with E-state index >= 15 is 0 Å². The molecule has 1 aliphatic heterocycles. The van der Waals surface area contributed by atoms with Gasteiger partial charge in [-0.25, -0.2) is 9.89 Å². The number of fused-ring (bicyclic) bond motifs is 1. The van der Waals surface area contributed by atoms with Crippen LogP contribution in [0.15, 0.2) is 60.9 Å². The Morgan fingerprint density at radius 1 is 1.09 bits per heavy atom. The third-order valence-corrected chi connectivity index (χ3v) is 6.85.